The van der Waals surface area contributed by atoms with Gasteiger partial charge in [0.05, 0.1) is 12.7 Å². The number of ether oxygens (including phenoxy) is 1. The quantitative estimate of drug-likeness (QED) is 0.573. The lowest BCUT2D eigenvalue weighted by Crippen LogP contribution is -2.26. The standard InChI is InChI=1S/C11H18O/c1-8(2)10-5-6-11(9(3)4)12-7-10/h10-11H,1,3,5-7H2,2,4H3. The third kappa shape index (κ3) is 2.21. The molecule has 2 atom stereocenters. The molecule has 0 bridgehead atoms. The van der Waals surface area contributed by atoms with E-state index in [1.54, 1.807) is 0 Å². The summed E-state index contributed by atoms with van der Waals surface area (Å²) in [6.45, 7) is 12.8. The van der Waals surface area contributed by atoms with E-state index in [9.17, 15) is 0 Å². The van der Waals surface area contributed by atoms with Crippen molar-refractivity contribution in [1.82, 2.24) is 0 Å². The third-order valence-corrected chi connectivity index (χ3v) is 2.52. The van der Waals surface area contributed by atoms with Crippen molar-refractivity contribution < 1.29 is 4.74 Å². The Balaban J connectivity index is 2.39. The van der Waals surface area contributed by atoms with Crippen molar-refractivity contribution in [3.8, 4) is 0 Å². The van der Waals surface area contributed by atoms with E-state index in [1.807, 2.05) is 6.92 Å². The molecule has 2 unspecified atom stereocenters. The Morgan fingerprint density at radius 1 is 1.17 bits per heavy atom. The maximum Gasteiger partial charge on any atom is 0.0780 e. The zero-order chi connectivity index (χ0) is 9.14. The zero-order valence-electron chi connectivity index (χ0n) is 8.10. The van der Waals surface area contributed by atoms with Gasteiger partial charge in [0, 0.05) is 5.92 Å². The Labute approximate surface area is 75.1 Å². The Morgan fingerprint density at radius 2 is 1.83 bits per heavy atom. The molecule has 0 N–H and O–H groups in total. The molecular formula is C11H18O. The highest BCUT2D eigenvalue weighted by molar-refractivity contribution is 5.03. The first-order valence-electron chi connectivity index (χ1n) is 4.53. The van der Waals surface area contributed by atoms with Crippen LogP contribution in [0.15, 0.2) is 24.3 Å². The van der Waals surface area contributed by atoms with Gasteiger partial charge in [-0.15, -0.1) is 0 Å². The van der Waals surface area contributed by atoms with Crippen LogP contribution in [0.1, 0.15) is 26.7 Å². The minimum atomic E-state index is 0.292. The first kappa shape index (κ1) is 9.53. The maximum absolute atomic E-state index is 5.65. The van der Waals surface area contributed by atoms with Gasteiger partial charge in [0.1, 0.15) is 0 Å². The maximum atomic E-state index is 5.65. The summed E-state index contributed by atoms with van der Waals surface area (Å²) in [5.41, 5.74) is 2.39. The molecule has 1 heteroatoms. The van der Waals surface area contributed by atoms with Gasteiger partial charge < -0.3 is 4.74 Å². The van der Waals surface area contributed by atoms with E-state index in [0.717, 1.165) is 18.6 Å². The monoisotopic (exact) mass is 166 g/mol. The van der Waals surface area contributed by atoms with E-state index in [4.69, 9.17) is 4.74 Å². The molecule has 1 aliphatic rings. The lowest BCUT2D eigenvalue weighted by molar-refractivity contribution is 0.0153. The zero-order valence-corrected chi connectivity index (χ0v) is 8.10. The van der Waals surface area contributed by atoms with Crippen LogP contribution in [-0.2, 0) is 4.74 Å². The lowest BCUT2D eigenvalue weighted by atomic mass is 9.91. The molecule has 0 aliphatic carbocycles. The summed E-state index contributed by atoms with van der Waals surface area (Å²) in [5.74, 6) is 0.570. The van der Waals surface area contributed by atoms with Crippen LogP contribution in [-0.4, -0.2) is 12.7 Å². The molecule has 1 saturated heterocycles. The average molecular weight is 166 g/mol. The van der Waals surface area contributed by atoms with Crippen LogP contribution in [0.3, 0.4) is 0 Å². The fraction of sp³-hybridized carbons (Fsp3) is 0.636. The van der Waals surface area contributed by atoms with Gasteiger partial charge in [-0.2, -0.15) is 0 Å². The Bertz CT molecular complexity index is 163. The highest BCUT2D eigenvalue weighted by Gasteiger charge is 2.21. The van der Waals surface area contributed by atoms with Crippen molar-refractivity contribution in [3.63, 3.8) is 0 Å². The van der Waals surface area contributed by atoms with Crippen LogP contribution >= 0.6 is 0 Å². The van der Waals surface area contributed by atoms with Gasteiger partial charge in [-0.25, -0.2) is 0 Å². The molecule has 68 valence electrons. The summed E-state index contributed by atoms with van der Waals surface area (Å²) in [7, 11) is 0. The van der Waals surface area contributed by atoms with Crippen LogP contribution < -0.4 is 0 Å². The van der Waals surface area contributed by atoms with E-state index in [1.165, 1.54) is 12.0 Å². The molecule has 1 fully saturated rings. The summed E-state index contributed by atoms with van der Waals surface area (Å²) in [6.07, 6.45) is 2.60. The predicted molar refractivity (Wildman–Crippen MR) is 52.1 cm³/mol. The molecule has 1 heterocycles. The number of rotatable bonds is 2. The smallest absolute Gasteiger partial charge is 0.0780 e. The summed E-state index contributed by atoms with van der Waals surface area (Å²) in [5, 5.41) is 0. The van der Waals surface area contributed by atoms with Gasteiger partial charge in [-0.3, -0.25) is 0 Å². The first-order valence-corrected chi connectivity index (χ1v) is 4.53. The van der Waals surface area contributed by atoms with E-state index in [2.05, 4.69) is 20.1 Å². The first-order chi connectivity index (χ1) is 5.61. The van der Waals surface area contributed by atoms with Crippen molar-refractivity contribution in [2.45, 2.75) is 32.8 Å². The molecule has 0 saturated carbocycles. The van der Waals surface area contributed by atoms with E-state index in [0.29, 0.717) is 12.0 Å². The van der Waals surface area contributed by atoms with E-state index >= 15 is 0 Å². The van der Waals surface area contributed by atoms with Crippen LogP contribution in [0.25, 0.3) is 0 Å². The average Bonchev–Trinajstić information content (AvgIpc) is 2.04. The van der Waals surface area contributed by atoms with Gasteiger partial charge in [-0.05, 0) is 26.7 Å². The normalized spacial score (nSPS) is 29.8. The van der Waals surface area contributed by atoms with Gasteiger partial charge in [0.15, 0.2) is 0 Å². The molecule has 1 aliphatic heterocycles. The molecule has 0 aromatic heterocycles. The second-order valence-electron chi connectivity index (χ2n) is 3.79. The van der Waals surface area contributed by atoms with Gasteiger partial charge in [0.2, 0.25) is 0 Å². The summed E-state index contributed by atoms with van der Waals surface area (Å²) in [6, 6.07) is 0. The van der Waals surface area contributed by atoms with Gasteiger partial charge in [-0.1, -0.05) is 24.3 Å². The summed E-state index contributed by atoms with van der Waals surface area (Å²) >= 11 is 0. The SMILES string of the molecule is C=C(C)C1CCC(C(=C)C)OC1. The minimum absolute atomic E-state index is 0.292. The fourth-order valence-electron chi connectivity index (χ4n) is 1.53. The number of hydrogen-bond acceptors (Lipinski definition) is 1. The Morgan fingerprint density at radius 3 is 2.17 bits per heavy atom. The second-order valence-corrected chi connectivity index (χ2v) is 3.79. The highest BCUT2D eigenvalue weighted by atomic mass is 16.5. The van der Waals surface area contributed by atoms with Crippen molar-refractivity contribution in [2.75, 3.05) is 6.61 Å². The Kier molecular flexibility index (Phi) is 3.10. The number of hydrogen-bond donors (Lipinski definition) is 0. The topological polar surface area (TPSA) is 9.23 Å². The molecule has 0 spiro atoms. The van der Waals surface area contributed by atoms with Gasteiger partial charge in [0.25, 0.3) is 0 Å². The van der Waals surface area contributed by atoms with Crippen molar-refractivity contribution >= 4 is 0 Å². The van der Waals surface area contributed by atoms with Crippen LogP contribution in [0.2, 0.25) is 0 Å². The summed E-state index contributed by atoms with van der Waals surface area (Å²) < 4.78 is 5.65. The summed E-state index contributed by atoms with van der Waals surface area (Å²) in [4.78, 5) is 0. The van der Waals surface area contributed by atoms with E-state index < -0.39 is 0 Å². The van der Waals surface area contributed by atoms with Crippen LogP contribution in [0.4, 0.5) is 0 Å². The molecule has 0 radical (unpaired) electrons. The minimum Gasteiger partial charge on any atom is -0.373 e. The molecule has 0 aromatic rings. The Hall–Kier alpha value is -0.560. The molecule has 1 rings (SSSR count). The fourth-order valence-corrected chi connectivity index (χ4v) is 1.53. The van der Waals surface area contributed by atoms with Gasteiger partial charge >= 0.3 is 0 Å². The molecule has 12 heavy (non-hydrogen) atoms. The van der Waals surface area contributed by atoms with Crippen molar-refractivity contribution in [2.24, 2.45) is 5.92 Å². The largest absolute Gasteiger partial charge is 0.373 e. The van der Waals surface area contributed by atoms with Crippen LogP contribution in [0.5, 0.6) is 0 Å². The lowest BCUT2D eigenvalue weighted by Gasteiger charge is -2.29. The molecule has 0 amide bonds. The van der Waals surface area contributed by atoms with Crippen LogP contribution in [0, 0.1) is 5.92 Å². The second kappa shape index (κ2) is 3.90. The van der Waals surface area contributed by atoms with E-state index in [-0.39, 0.29) is 0 Å². The molecular weight excluding hydrogens is 148 g/mol. The third-order valence-electron chi connectivity index (χ3n) is 2.52. The molecule has 0 aromatic carbocycles. The van der Waals surface area contributed by atoms with Crippen molar-refractivity contribution in [3.05, 3.63) is 24.3 Å². The highest BCUT2D eigenvalue weighted by Crippen LogP contribution is 2.26. The van der Waals surface area contributed by atoms with Crippen molar-refractivity contribution in [1.29, 1.82) is 0 Å². The molecule has 1 nitrogen and oxygen atoms in total. The predicted octanol–water partition coefficient (Wildman–Crippen LogP) is 2.93.